The lowest BCUT2D eigenvalue weighted by molar-refractivity contribution is 0.367. The molecule has 148 valence electrons. The van der Waals surface area contributed by atoms with Gasteiger partial charge in [0.2, 0.25) is 0 Å². The van der Waals surface area contributed by atoms with Crippen LogP contribution in [0.15, 0.2) is 91.0 Å². The van der Waals surface area contributed by atoms with Crippen molar-refractivity contribution in [2.24, 2.45) is 5.92 Å². The van der Waals surface area contributed by atoms with Gasteiger partial charge in [0.25, 0.3) is 0 Å². The van der Waals surface area contributed by atoms with Crippen LogP contribution in [-0.4, -0.2) is 0 Å². The minimum absolute atomic E-state index is 0.189. The second-order valence-corrected chi connectivity index (χ2v) is 8.26. The summed E-state index contributed by atoms with van der Waals surface area (Å²) in [4.78, 5) is 0. The fourth-order valence-corrected chi connectivity index (χ4v) is 4.50. The Morgan fingerprint density at radius 1 is 0.793 bits per heavy atom. The molecule has 0 nitrogen and oxygen atoms in total. The van der Waals surface area contributed by atoms with Gasteiger partial charge in [0.05, 0.1) is 0 Å². The van der Waals surface area contributed by atoms with Crippen molar-refractivity contribution < 1.29 is 0 Å². The Bertz CT molecular complexity index is 848. The first kappa shape index (κ1) is 20.9. The summed E-state index contributed by atoms with van der Waals surface area (Å²) in [5.41, 5.74) is 3.86. The van der Waals surface area contributed by atoms with Crippen LogP contribution in [-0.2, 0) is 5.41 Å². The molecule has 29 heavy (non-hydrogen) atoms. The SMILES string of the molecule is C#CCC(CC(CC(C)CC)c1ccccc1)(c1ccccc1)c1ccccc1. The molecule has 0 radical (unpaired) electrons. The van der Waals surface area contributed by atoms with Crippen molar-refractivity contribution >= 4 is 0 Å². The number of rotatable bonds is 9. The van der Waals surface area contributed by atoms with Crippen molar-refractivity contribution in [1.29, 1.82) is 0 Å². The Balaban J connectivity index is 2.12. The Hall–Kier alpha value is -2.78. The molecular weight excluding hydrogens is 348 g/mol. The summed E-state index contributed by atoms with van der Waals surface area (Å²) in [6, 6.07) is 32.7. The van der Waals surface area contributed by atoms with E-state index < -0.39 is 0 Å². The van der Waals surface area contributed by atoms with E-state index in [1.807, 2.05) is 0 Å². The Morgan fingerprint density at radius 3 is 1.72 bits per heavy atom. The molecule has 0 aliphatic heterocycles. The molecule has 0 heterocycles. The molecule has 0 saturated heterocycles. The largest absolute Gasteiger partial charge is 0.120 e. The molecule has 2 unspecified atom stereocenters. The van der Waals surface area contributed by atoms with Gasteiger partial charge in [-0.3, -0.25) is 0 Å². The summed E-state index contributed by atoms with van der Waals surface area (Å²) in [7, 11) is 0. The van der Waals surface area contributed by atoms with Crippen molar-refractivity contribution in [1.82, 2.24) is 0 Å². The van der Waals surface area contributed by atoms with E-state index in [4.69, 9.17) is 6.42 Å². The van der Waals surface area contributed by atoms with Gasteiger partial charge in [-0.25, -0.2) is 0 Å². The van der Waals surface area contributed by atoms with Gasteiger partial charge in [-0.2, -0.15) is 0 Å². The highest BCUT2D eigenvalue weighted by atomic mass is 14.4. The van der Waals surface area contributed by atoms with Crippen molar-refractivity contribution in [3.63, 3.8) is 0 Å². The van der Waals surface area contributed by atoms with Gasteiger partial charge in [0.15, 0.2) is 0 Å². The van der Waals surface area contributed by atoms with Crippen molar-refractivity contribution in [2.45, 2.75) is 50.9 Å². The van der Waals surface area contributed by atoms with Crippen LogP contribution in [0, 0.1) is 18.3 Å². The molecular formula is C29H32. The predicted molar refractivity (Wildman–Crippen MR) is 125 cm³/mol. The lowest BCUT2D eigenvalue weighted by Gasteiger charge is -2.38. The highest BCUT2D eigenvalue weighted by Crippen LogP contribution is 2.45. The van der Waals surface area contributed by atoms with Crippen LogP contribution in [0.4, 0.5) is 0 Å². The summed E-state index contributed by atoms with van der Waals surface area (Å²) in [5, 5.41) is 0. The first-order chi connectivity index (χ1) is 14.2. The number of hydrogen-bond acceptors (Lipinski definition) is 0. The lowest BCUT2D eigenvalue weighted by Crippen LogP contribution is -2.30. The van der Waals surface area contributed by atoms with E-state index in [0.717, 1.165) is 6.42 Å². The molecule has 3 rings (SSSR count). The molecule has 0 N–H and O–H groups in total. The van der Waals surface area contributed by atoms with Crippen molar-refractivity contribution in [2.75, 3.05) is 0 Å². The highest BCUT2D eigenvalue weighted by Gasteiger charge is 2.36. The Labute approximate surface area is 177 Å². The second-order valence-electron chi connectivity index (χ2n) is 8.26. The zero-order chi connectivity index (χ0) is 20.5. The Kier molecular flexibility index (Phi) is 7.31. The smallest absolute Gasteiger partial charge is 0.0317 e. The van der Waals surface area contributed by atoms with Crippen LogP contribution in [0.1, 0.15) is 62.1 Å². The molecule has 0 bridgehead atoms. The van der Waals surface area contributed by atoms with E-state index in [0.29, 0.717) is 18.3 Å². The van der Waals surface area contributed by atoms with Gasteiger partial charge in [-0.05, 0) is 41.4 Å². The molecule has 2 atom stereocenters. The van der Waals surface area contributed by atoms with E-state index in [-0.39, 0.29) is 5.41 Å². The normalized spacial score (nSPS) is 13.4. The predicted octanol–water partition coefficient (Wildman–Crippen LogP) is 7.61. The second kappa shape index (κ2) is 10.1. The van der Waals surface area contributed by atoms with Crippen LogP contribution in [0.3, 0.4) is 0 Å². The fraction of sp³-hybridized carbons (Fsp3) is 0.310. The van der Waals surface area contributed by atoms with Crippen LogP contribution in [0.25, 0.3) is 0 Å². The third kappa shape index (κ3) is 4.99. The molecule has 3 aromatic rings. The third-order valence-electron chi connectivity index (χ3n) is 6.31. The molecule has 0 aliphatic rings. The molecule has 0 spiro atoms. The van der Waals surface area contributed by atoms with E-state index in [1.165, 1.54) is 29.5 Å². The summed E-state index contributed by atoms with van der Waals surface area (Å²) >= 11 is 0. The molecule has 0 fully saturated rings. The van der Waals surface area contributed by atoms with Crippen LogP contribution >= 0.6 is 0 Å². The minimum Gasteiger partial charge on any atom is -0.120 e. The monoisotopic (exact) mass is 380 g/mol. The van der Waals surface area contributed by atoms with E-state index in [9.17, 15) is 0 Å². The van der Waals surface area contributed by atoms with Crippen molar-refractivity contribution in [3.05, 3.63) is 108 Å². The van der Waals surface area contributed by atoms with Crippen LogP contribution in [0.2, 0.25) is 0 Å². The quantitative estimate of drug-likeness (QED) is 0.335. The topological polar surface area (TPSA) is 0 Å². The summed E-state index contributed by atoms with van der Waals surface area (Å²) in [6.45, 7) is 4.65. The molecule has 0 amide bonds. The first-order valence-electron chi connectivity index (χ1n) is 10.8. The van der Waals surface area contributed by atoms with Gasteiger partial charge in [-0.15, -0.1) is 12.3 Å². The molecule has 0 aromatic heterocycles. The third-order valence-corrected chi connectivity index (χ3v) is 6.31. The van der Waals surface area contributed by atoms with Gasteiger partial charge in [0, 0.05) is 11.8 Å². The van der Waals surface area contributed by atoms with Gasteiger partial charge < -0.3 is 0 Å². The number of terminal acetylenes is 1. The maximum atomic E-state index is 5.98. The maximum absolute atomic E-state index is 5.98. The zero-order valence-corrected chi connectivity index (χ0v) is 17.7. The van der Waals surface area contributed by atoms with Gasteiger partial charge >= 0.3 is 0 Å². The summed E-state index contributed by atoms with van der Waals surface area (Å²) in [6.07, 6.45) is 10.1. The average Bonchev–Trinajstić information content (AvgIpc) is 2.79. The van der Waals surface area contributed by atoms with Crippen molar-refractivity contribution in [3.8, 4) is 12.3 Å². The minimum atomic E-state index is -0.189. The zero-order valence-electron chi connectivity index (χ0n) is 17.7. The standard InChI is InChI=1S/C29H32/c1-4-21-29(27-17-11-7-12-18-27,28-19-13-8-14-20-28)23-26(22-24(3)5-2)25-15-9-6-10-16-25/h1,6-20,24,26H,5,21-23H2,2-3H3. The van der Waals surface area contributed by atoms with Gasteiger partial charge in [0.1, 0.15) is 0 Å². The Morgan fingerprint density at radius 2 is 1.28 bits per heavy atom. The number of benzene rings is 3. The van der Waals surface area contributed by atoms with E-state index in [2.05, 4.69) is 111 Å². The van der Waals surface area contributed by atoms with E-state index in [1.54, 1.807) is 0 Å². The first-order valence-corrected chi connectivity index (χ1v) is 10.8. The van der Waals surface area contributed by atoms with Gasteiger partial charge in [-0.1, -0.05) is 111 Å². The molecule has 0 saturated carbocycles. The molecule has 3 aromatic carbocycles. The molecule has 0 heteroatoms. The van der Waals surface area contributed by atoms with E-state index >= 15 is 0 Å². The maximum Gasteiger partial charge on any atom is 0.0317 e. The summed E-state index contributed by atoms with van der Waals surface area (Å²) in [5.74, 6) is 4.16. The highest BCUT2D eigenvalue weighted by molar-refractivity contribution is 5.42. The lowest BCUT2D eigenvalue weighted by atomic mass is 9.65. The number of hydrogen-bond donors (Lipinski definition) is 0. The average molecular weight is 381 g/mol. The molecule has 0 aliphatic carbocycles. The van der Waals surface area contributed by atoms with Crippen LogP contribution < -0.4 is 0 Å². The van der Waals surface area contributed by atoms with Crippen LogP contribution in [0.5, 0.6) is 0 Å². The summed E-state index contributed by atoms with van der Waals surface area (Å²) < 4.78 is 0. The fourth-order valence-electron chi connectivity index (χ4n) is 4.50.